The molecule has 0 rings (SSSR count). The Morgan fingerprint density at radius 1 is 1.60 bits per heavy atom. The Balaban J connectivity index is 3.85. The van der Waals surface area contributed by atoms with Gasteiger partial charge in [0, 0.05) is 6.92 Å². The number of alkyl halides is 4. The van der Waals surface area contributed by atoms with Gasteiger partial charge in [-0.1, -0.05) is 11.6 Å². The highest BCUT2D eigenvalue weighted by Gasteiger charge is 2.40. The van der Waals surface area contributed by atoms with Crippen LogP contribution in [0.4, 0.5) is 13.2 Å². The number of ether oxygens (including phenoxy) is 1. The van der Waals surface area contributed by atoms with Crippen molar-refractivity contribution in [2.24, 2.45) is 0 Å². The summed E-state index contributed by atoms with van der Waals surface area (Å²) in [5.74, 6) is -1.06. The molecule has 0 aliphatic rings. The summed E-state index contributed by atoms with van der Waals surface area (Å²) in [7, 11) is 0. The standard InChI is InChI=1S/C4H4ClF3O2/c1-2(9)10-3(5)4(6,7)8/h3H,1H3/t3-/m1/s1. The summed E-state index contributed by atoms with van der Waals surface area (Å²) < 4.78 is 37.8. The normalized spacial score (nSPS) is 14.5. The second kappa shape index (κ2) is 3.09. The average molecular weight is 177 g/mol. The van der Waals surface area contributed by atoms with E-state index in [9.17, 15) is 18.0 Å². The SMILES string of the molecule is CC(=O)O[C@@H](Cl)C(F)(F)F. The Kier molecular flexibility index (Phi) is 2.96. The predicted molar refractivity (Wildman–Crippen MR) is 27.5 cm³/mol. The third kappa shape index (κ3) is 3.55. The van der Waals surface area contributed by atoms with Gasteiger partial charge in [-0.05, 0) is 0 Å². The number of hydrogen-bond donors (Lipinski definition) is 0. The molecule has 60 valence electrons. The molecule has 0 saturated carbocycles. The van der Waals surface area contributed by atoms with Crippen LogP contribution >= 0.6 is 11.6 Å². The predicted octanol–water partition coefficient (Wildman–Crippen LogP) is 1.68. The Hall–Kier alpha value is -0.450. The van der Waals surface area contributed by atoms with Gasteiger partial charge < -0.3 is 4.74 Å². The Morgan fingerprint density at radius 2 is 2.00 bits per heavy atom. The maximum atomic E-state index is 11.4. The molecule has 0 aromatic carbocycles. The zero-order chi connectivity index (χ0) is 8.36. The van der Waals surface area contributed by atoms with Crippen LogP contribution in [0, 0.1) is 0 Å². The van der Waals surface area contributed by atoms with Crippen LogP contribution in [0.25, 0.3) is 0 Å². The summed E-state index contributed by atoms with van der Waals surface area (Å²) in [6, 6.07) is 0. The van der Waals surface area contributed by atoms with Crippen molar-refractivity contribution in [2.45, 2.75) is 18.7 Å². The lowest BCUT2D eigenvalue weighted by molar-refractivity contribution is -0.197. The van der Waals surface area contributed by atoms with E-state index in [0.717, 1.165) is 6.92 Å². The van der Waals surface area contributed by atoms with Gasteiger partial charge in [0.15, 0.2) is 0 Å². The van der Waals surface area contributed by atoms with E-state index in [1.807, 2.05) is 0 Å². The first-order valence-corrected chi connectivity index (χ1v) is 2.65. The third-order valence-electron chi connectivity index (χ3n) is 0.527. The van der Waals surface area contributed by atoms with E-state index in [0.29, 0.717) is 0 Å². The molecule has 0 fully saturated rings. The molecule has 0 aliphatic carbocycles. The maximum Gasteiger partial charge on any atom is 0.440 e. The van der Waals surface area contributed by atoms with Crippen LogP contribution in [0.3, 0.4) is 0 Å². The van der Waals surface area contributed by atoms with Crippen LogP contribution in [0.5, 0.6) is 0 Å². The topological polar surface area (TPSA) is 26.3 Å². The first-order valence-electron chi connectivity index (χ1n) is 2.22. The summed E-state index contributed by atoms with van der Waals surface area (Å²) in [6.45, 7) is 0.848. The first-order chi connectivity index (χ1) is 4.34. The van der Waals surface area contributed by atoms with Gasteiger partial charge in [-0.15, -0.1) is 0 Å². The third-order valence-corrected chi connectivity index (χ3v) is 0.863. The fourth-order valence-corrected chi connectivity index (χ4v) is 0.338. The van der Waals surface area contributed by atoms with Crippen molar-refractivity contribution in [1.82, 2.24) is 0 Å². The zero-order valence-electron chi connectivity index (χ0n) is 4.91. The largest absolute Gasteiger partial charge is 0.440 e. The van der Waals surface area contributed by atoms with Gasteiger partial charge in [0.2, 0.25) is 0 Å². The van der Waals surface area contributed by atoms with Gasteiger partial charge in [-0.2, -0.15) is 13.2 Å². The molecule has 0 aromatic rings. The number of halogens is 4. The van der Waals surface area contributed by atoms with E-state index in [2.05, 4.69) is 16.3 Å². The van der Waals surface area contributed by atoms with Gasteiger partial charge in [0.1, 0.15) is 0 Å². The molecule has 0 aromatic heterocycles. The lowest BCUT2D eigenvalue weighted by Crippen LogP contribution is -2.27. The van der Waals surface area contributed by atoms with Gasteiger partial charge >= 0.3 is 12.1 Å². The summed E-state index contributed by atoms with van der Waals surface area (Å²) in [5, 5.41) is 0. The second-order valence-corrected chi connectivity index (χ2v) is 1.86. The number of rotatable bonds is 1. The molecule has 0 radical (unpaired) electrons. The van der Waals surface area contributed by atoms with Crippen molar-refractivity contribution >= 4 is 17.6 Å². The minimum absolute atomic E-state index is 0.848. The van der Waals surface area contributed by atoms with Gasteiger partial charge in [0.25, 0.3) is 5.56 Å². The minimum Gasteiger partial charge on any atom is -0.436 e. The van der Waals surface area contributed by atoms with E-state index in [1.54, 1.807) is 0 Å². The summed E-state index contributed by atoms with van der Waals surface area (Å²) in [4.78, 5) is 9.89. The fraction of sp³-hybridized carbons (Fsp3) is 0.750. The lowest BCUT2D eigenvalue weighted by Gasteiger charge is -2.12. The number of hydrogen-bond acceptors (Lipinski definition) is 2. The van der Waals surface area contributed by atoms with Crippen molar-refractivity contribution < 1.29 is 22.7 Å². The average Bonchev–Trinajstić information content (AvgIpc) is 1.60. The van der Waals surface area contributed by atoms with Gasteiger partial charge in [-0.3, -0.25) is 4.79 Å². The van der Waals surface area contributed by atoms with E-state index < -0.39 is 17.7 Å². The highest BCUT2D eigenvalue weighted by atomic mass is 35.5. The van der Waals surface area contributed by atoms with Crippen LogP contribution in [-0.2, 0) is 9.53 Å². The van der Waals surface area contributed by atoms with Crippen LogP contribution in [-0.4, -0.2) is 17.7 Å². The smallest absolute Gasteiger partial charge is 0.436 e. The summed E-state index contributed by atoms with van der Waals surface area (Å²) >= 11 is 4.58. The number of esters is 1. The van der Waals surface area contributed by atoms with Crippen molar-refractivity contribution in [2.75, 3.05) is 0 Å². The van der Waals surface area contributed by atoms with Crippen LogP contribution in [0.15, 0.2) is 0 Å². The molecular formula is C4H4ClF3O2. The van der Waals surface area contributed by atoms with E-state index in [-0.39, 0.29) is 0 Å². The number of carbonyl (C=O) groups is 1. The Morgan fingerprint density at radius 3 is 2.10 bits per heavy atom. The van der Waals surface area contributed by atoms with E-state index in [1.165, 1.54) is 0 Å². The van der Waals surface area contributed by atoms with E-state index in [4.69, 9.17) is 0 Å². The first kappa shape index (κ1) is 9.55. The van der Waals surface area contributed by atoms with Gasteiger partial charge in [-0.25, -0.2) is 0 Å². The molecule has 0 saturated heterocycles. The Labute approximate surface area is 59.9 Å². The molecule has 0 N–H and O–H groups in total. The van der Waals surface area contributed by atoms with Crippen LogP contribution in [0.1, 0.15) is 6.92 Å². The van der Waals surface area contributed by atoms with Crippen LogP contribution in [0.2, 0.25) is 0 Å². The summed E-state index contributed by atoms with van der Waals surface area (Å²) in [5.41, 5.74) is -2.54. The molecule has 0 amide bonds. The molecule has 0 bridgehead atoms. The highest BCUT2D eigenvalue weighted by Crippen LogP contribution is 2.25. The lowest BCUT2D eigenvalue weighted by atomic mass is 10.7. The molecule has 0 aliphatic heterocycles. The molecule has 10 heavy (non-hydrogen) atoms. The van der Waals surface area contributed by atoms with Crippen molar-refractivity contribution in [3.8, 4) is 0 Å². The molecular weight excluding hydrogens is 172 g/mol. The van der Waals surface area contributed by atoms with Crippen molar-refractivity contribution in [3.63, 3.8) is 0 Å². The summed E-state index contributed by atoms with van der Waals surface area (Å²) in [6.07, 6.45) is -4.69. The van der Waals surface area contributed by atoms with Crippen molar-refractivity contribution in [3.05, 3.63) is 0 Å². The molecule has 0 spiro atoms. The van der Waals surface area contributed by atoms with E-state index >= 15 is 0 Å². The second-order valence-electron chi connectivity index (χ2n) is 1.47. The molecule has 2 nitrogen and oxygen atoms in total. The maximum absolute atomic E-state index is 11.4. The number of carbonyl (C=O) groups excluding carboxylic acids is 1. The fourth-order valence-electron chi connectivity index (χ4n) is 0.213. The molecule has 0 heterocycles. The molecule has 0 unspecified atom stereocenters. The Bertz CT molecular complexity index is 133. The monoisotopic (exact) mass is 176 g/mol. The minimum atomic E-state index is -4.69. The van der Waals surface area contributed by atoms with Crippen LogP contribution < -0.4 is 0 Å². The van der Waals surface area contributed by atoms with Crippen molar-refractivity contribution in [1.29, 1.82) is 0 Å². The zero-order valence-corrected chi connectivity index (χ0v) is 5.66. The highest BCUT2D eigenvalue weighted by molar-refractivity contribution is 6.20. The molecule has 6 heteroatoms. The van der Waals surface area contributed by atoms with Gasteiger partial charge in [0.05, 0.1) is 0 Å². The quantitative estimate of drug-likeness (QED) is 0.449. The molecule has 1 atom stereocenters.